The maximum atomic E-state index is 12.4. The molecule has 0 bridgehead atoms. The molecule has 120 valence electrons. The van der Waals surface area contributed by atoms with Crippen LogP contribution in [-0.2, 0) is 11.3 Å². The van der Waals surface area contributed by atoms with E-state index in [0.717, 1.165) is 3.97 Å². The van der Waals surface area contributed by atoms with Gasteiger partial charge in [0.05, 0.1) is 0 Å². The zero-order valence-corrected chi connectivity index (χ0v) is 13.6. The third-order valence-corrected chi connectivity index (χ3v) is 4.09. The van der Waals surface area contributed by atoms with Gasteiger partial charge in [0.1, 0.15) is 5.69 Å². The number of hydrogen-bond acceptors (Lipinski definition) is 7. The maximum Gasteiger partial charge on any atom is 0.456 e. The summed E-state index contributed by atoms with van der Waals surface area (Å²) in [6.07, 6.45) is 0. The fourth-order valence-electron chi connectivity index (χ4n) is 1.87. The number of hydrogen-bond donors (Lipinski definition) is 0. The molecule has 3 aromatic rings. The number of benzene rings is 1. The van der Waals surface area contributed by atoms with Gasteiger partial charge in [0, 0.05) is 17.5 Å². The van der Waals surface area contributed by atoms with Crippen LogP contribution in [0.15, 0.2) is 38.1 Å². The second-order valence-electron chi connectivity index (χ2n) is 4.53. The minimum absolute atomic E-state index is 0.0302. The lowest BCUT2D eigenvalue weighted by atomic mass is 10.2. The fraction of sp³-hybridized carbons (Fsp3) is 0.154. The summed E-state index contributed by atoms with van der Waals surface area (Å²) in [7, 11) is 0. The SMILES string of the molecule is Cc1noc(C)c1OS(=O)n1c(-c2cccc(Cl)c2)noc1=O. The highest BCUT2D eigenvalue weighted by Crippen LogP contribution is 2.25. The summed E-state index contributed by atoms with van der Waals surface area (Å²) in [5, 5.41) is 7.75. The lowest BCUT2D eigenvalue weighted by molar-refractivity contribution is 0.383. The molecule has 8 nitrogen and oxygen atoms in total. The Labute approximate surface area is 137 Å². The molecule has 1 unspecified atom stereocenters. The van der Waals surface area contributed by atoms with Crippen LogP contribution in [0.1, 0.15) is 11.5 Å². The van der Waals surface area contributed by atoms with Crippen molar-refractivity contribution in [3.8, 4) is 17.1 Å². The molecule has 2 heterocycles. The van der Waals surface area contributed by atoms with Gasteiger partial charge in [-0.1, -0.05) is 34.0 Å². The smallest absolute Gasteiger partial charge is 0.379 e. The molecule has 23 heavy (non-hydrogen) atoms. The van der Waals surface area contributed by atoms with E-state index >= 15 is 0 Å². The van der Waals surface area contributed by atoms with Gasteiger partial charge in [-0.05, 0) is 19.1 Å². The highest BCUT2D eigenvalue weighted by Gasteiger charge is 2.23. The number of nitrogens with zero attached hydrogens (tertiary/aromatic N) is 3. The average molecular weight is 356 g/mol. The molecule has 0 N–H and O–H groups in total. The van der Waals surface area contributed by atoms with Crippen LogP contribution in [0.5, 0.6) is 5.75 Å². The normalized spacial score (nSPS) is 12.3. The van der Waals surface area contributed by atoms with Gasteiger partial charge in [0.25, 0.3) is 0 Å². The second-order valence-corrected chi connectivity index (χ2v) is 5.93. The Morgan fingerprint density at radius 1 is 1.26 bits per heavy atom. The predicted molar refractivity (Wildman–Crippen MR) is 81.4 cm³/mol. The zero-order chi connectivity index (χ0) is 16.6. The van der Waals surface area contributed by atoms with Gasteiger partial charge in [0.15, 0.2) is 5.76 Å². The van der Waals surface area contributed by atoms with Gasteiger partial charge >= 0.3 is 17.0 Å². The van der Waals surface area contributed by atoms with Crippen LogP contribution >= 0.6 is 11.6 Å². The van der Waals surface area contributed by atoms with Crippen LogP contribution in [0.25, 0.3) is 11.4 Å². The number of aromatic nitrogens is 3. The van der Waals surface area contributed by atoms with E-state index in [1.54, 1.807) is 38.1 Å². The highest BCUT2D eigenvalue weighted by atomic mass is 35.5. The van der Waals surface area contributed by atoms with Crippen LogP contribution in [-0.4, -0.2) is 18.5 Å². The molecule has 0 aliphatic rings. The van der Waals surface area contributed by atoms with E-state index in [9.17, 15) is 9.00 Å². The molecule has 0 aliphatic heterocycles. The molecule has 0 aliphatic carbocycles. The van der Waals surface area contributed by atoms with E-state index in [-0.39, 0.29) is 11.6 Å². The lowest BCUT2D eigenvalue weighted by Gasteiger charge is -2.05. The van der Waals surface area contributed by atoms with Gasteiger partial charge in [-0.15, -0.1) is 3.97 Å². The summed E-state index contributed by atoms with van der Waals surface area (Å²) in [4.78, 5) is 11.8. The number of rotatable bonds is 4. The van der Waals surface area contributed by atoms with E-state index in [2.05, 4.69) is 14.8 Å². The lowest BCUT2D eigenvalue weighted by Crippen LogP contribution is -2.23. The summed E-state index contributed by atoms with van der Waals surface area (Å²) in [6, 6.07) is 6.53. The Balaban J connectivity index is 2.02. The molecule has 0 fully saturated rings. The first-order valence-corrected chi connectivity index (χ1v) is 7.76. The van der Waals surface area contributed by atoms with Crippen molar-refractivity contribution in [3.05, 3.63) is 51.3 Å². The van der Waals surface area contributed by atoms with Crippen molar-refractivity contribution < 1.29 is 17.4 Å². The molecule has 0 saturated heterocycles. The second kappa shape index (κ2) is 6.01. The van der Waals surface area contributed by atoms with E-state index in [4.69, 9.17) is 20.3 Å². The molecule has 0 spiro atoms. The molecule has 0 saturated carbocycles. The third-order valence-electron chi connectivity index (χ3n) is 2.92. The highest BCUT2D eigenvalue weighted by molar-refractivity contribution is 7.79. The van der Waals surface area contributed by atoms with Crippen molar-refractivity contribution in [1.82, 2.24) is 14.3 Å². The summed E-state index contributed by atoms with van der Waals surface area (Å²) in [6.45, 7) is 3.22. The molecule has 0 amide bonds. The summed E-state index contributed by atoms with van der Waals surface area (Å²) in [5.41, 5.74) is 0.865. The predicted octanol–water partition coefficient (Wildman–Crippen LogP) is 2.27. The van der Waals surface area contributed by atoms with E-state index in [0.29, 0.717) is 22.0 Å². The van der Waals surface area contributed by atoms with Crippen molar-refractivity contribution >= 4 is 22.9 Å². The van der Waals surface area contributed by atoms with Crippen LogP contribution in [0.4, 0.5) is 0 Å². The van der Waals surface area contributed by atoms with Crippen LogP contribution in [0.2, 0.25) is 5.02 Å². The topological polar surface area (TPSA) is 100 Å². The standard InChI is InChI=1S/C13H10ClN3O5S/c1-7-11(8(2)20-15-7)22-23(19)17-12(16-21-13(17)18)9-4-3-5-10(14)6-9/h3-6H,1-2H3. The monoisotopic (exact) mass is 355 g/mol. The Kier molecular flexibility index (Phi) is 4.05. The molecule has 2 aromatic heterocycles. The Hall–Kier alpha value is -2.39. The van der Waals surface area contributed by atoms with Crippen molar-refractivity contribution in [3.63, 3.8) is 0 Å². The third kappa shape index (κ3) is 2.92. The zero-order valence-electron chi connectivity index (χ0n) is 12.0. The Morgan fingerprint density at radius 3 is 2.70 bits per heavy atom. The first-order valence-electron chi connectivity index (χ1n) is 6.35. The first kappa shape index (κ1) is 15.5. The van der Waals surface area contributed by atoms with Crippen LogP contribution in [0, 0.1) is 13.8 Å². The summed E-state index contributed by atoms with van der Waals surface area (Å²) < 4.78 is 28.0. The average Bonchev–Trinajstić information content (AvgIpc) is 3.04. The van der Waals surface area contributed by atoms with Crippen molar-refractivity contribution in [1.29, 1.82) is 0 Å². The molecule has 10 heteroatoms. The van der Waals surface area contributed by atoms with E-state index < -0.39 is 17.0 Å². The minimum atomic E-state index is -2.23. The number of halogens is 1. The molecular formula is C13H10ClN3O5S. The summed E-state index contributed by atoms with van der Waals surface area (Å²) in [5.74, 6) is -0.370. The van der Waals surface area contributed by atoms with E-state index in [1.807, 2.05) is 0 Å². The van der Waals surface area contributed by atoms with Crippen LogP contribution < -0.4 is 9.94 Å². The Bertz CT molecular complexity index is 926. The van der Waals surface area contributed by atoms with Crippen LogP contribution in [0.3, 0.4) is 0 Å². The van der Waals surface area contributed by atoms with Gasteiger partial charge in [-0.3, -0.25) is 4.52 Å². The van der Waals surface area contributed by atoms with Crippen molar-refractivity contribution in [2.45, 2.75) is 13.8 Å². The van der Waals surface area contributed by atoms with Crippen molar-refractivity contribution in [2.75, 3.05) is 0 Å². The maximum absolute atomic E-state index is 12.4. The number of aryl methyl sites for hydroxylation is 2. The minimum Gasteiger partial charge on any atom is -0.379 e. The molecule has 1 aromatic carbocycles. The Morgan fingerprint density at radius 2 is 2.04 bits per heavy atom. The molecule has 3 rings (SSSR count). The van der Waals surface area contributed by atoms with Crippen molar-refractivity contribution in [2.24, 2.45) is 0 Å². The van der Waals surface area contributed by atoms with E-state index in [1.165, 1.54) is 0 Å². The summed E-state index contributed by atoms with van der Waals surface area (Å²) >= 11 is 3.69. The first-order chi connectivity index (χ1) is 11.0. The van der Waals surface area contributed by atoms with Gasteiger partial charge < -0.3 is 8.71 Å². The quantitative estimate of drug-likeness (QED) is 0.707. The largest absolute Gasteiger partial charge is 0.456 e. The molecular weight excluding hydrogens is 346 g/mol. The molecule has 0 radical (unpaired) electrons. The van der Waals surface area contributed by atoms with Gasteiger partial charge in [-0.25, -0.2) is 4.79 Å². The fourth-order valence-corrected chi connectivity index (χ4v) is 2.95. The van der Waals surface area contributed by atoms with Gasteiger partial charge in [-0.2, -0.15) is 4.21 Å². The molecule has 1 atom stereocenters. The van der Waals surface area contributed by atoms with Gasteiger partial charge in [0.2, 0.25) is 11.6 Å².